The van der Waals surface area contributed by atoms with Crippen molar-refractivity contribution in [1.29, 1.82) is 0 Å². The molecule has 28 heavy (non-hydrogen) atoms. The fraction of sp³-hybridized carbons (Fsp3) is 0.174. The molecule has 0 unspecified atom stereocenters. The summed E-state index contributed by atoms with van der Waals surface area (Å²) in [5, 5.41) is 3.74. The molecule has 3 aromatic rings. The quantitative estimate of drug-likeness (QED) is 0.359. The van der Waals surface area contributed by atoms with Crippen molar-refractivity contribution in [2.45, 2.75) is 25.2 Å². The zero-order valence-electron chi connectivity index (χ0n) is 15.2. The van der Waals surface area contributed by atoms with E-state index in [4.69, 9.17) is 9.57 Å². The normalized spacial score (nSPS) is 12.8. The van der Waals surface area contributed by atoms with Crippen LogP contribution in [0.4, 0.5) is 8.78 Å². The van der Waals surface area contributed by atoms with Crippen LogP contribution in [-0.2, 0) is 28.7 Å². The Balaban J connectivity index is 1.70. The highest BCUT2D eigenvalue weighted by molar-refractivity contribution is 5.64. The Kier molecular flexibility index (Phi) is 6.87. The fourth-order valence-corrected chi connectivity index (χ4v) is 2.61. The van der Waals surface area contributed by atoms with Gasteiger partial charge in [-0.25, -0.2) is 0 Å². The van der Waals surface area contributed by atoms with Crippen LogP contribution < -0.4 is 0 Å². The number of hydrogen-bond donors (Lipinski definition) is 0. The van der Waals surface area contributed by atoms with Crippen molar-refractivity contribution < 1.29 is 18.4 Å². The highest BCUT2D eigenvalue weighted by atomic mass is 19.3. The first-order valence-electron chi connectivity index (χ1n) is 8.94. The van der Waals surface area contributed by atoms with Crippen molar-refractivity contribution in [3.63, 3.8) is 0 Å². The van der Waals surface area contributed by atoms with Gasteiger partial charge in [0.2, 0.25) is 0 Å². The molecular weight excluding hydrogens is 360 g/mol. The van der Waals surface area contributed by atoms with Gasteiger partial charge in [-0.2, -0.15) is 8.78 Å². The second-order valence-corrected chi connectivity index (χ2v) is 6.22. The van der Waals surface area contributed by atoms with Crippen LogP contribution >= 0.6 is 0 Å². The lowest BCUT2D eigenvalue weighted by Gasteiger charge is -2.24. The number of halogens is 2. The van der Waals surface area contributed by atoms with Gasteiger partial charge in [-0.1, -0.05) is 96.2 Å². The van der Waals surface area contributed by atoms with Crippen molar-refractivity contribution in [3.05, 3.63) is 108 Å². The topological polar surface area (TPSA) is 30.8 Å². The third-order valence-electron chi connectivity index (χ3n) is 4.13. The monoisotopic (exact) mass is 381 g/mol. The summed E-state index contributed by atoms with van der Waals surface area (Å²) in [6.07, 6.45) is -0.537. The summed E-state index contributed by atoms with van der Waals surface area (Å²) < 4.78 is 35.5. The Hall–Kier alpha value is -3.05. The third kappa shape index (κ3) is 5.47. The highest BCUT2D eigenvalue weighted by Gasteiger charge is 2.41. The second-order valence-electron chi connectivity index (χ2n) is 6.22. The molecule has 0 aliphatic carbocycles. The van der Waals surface area contributed by atoms with E-state index in [-0.39, 0.29) is 18.8 Å². The van der Waals surface area contributed by atoms with Crippen LogP contribution in [0.15, 0.2) is 96.2 Å². The molecule has 0 radical (unpaired) electrons. The number of hydrogen-bond acceptors (Lipinski definition) is 3. The third-order valence-corrected chi connectivity index (χ3v) is 4.13. The Labute approximate surface area is 163 Å². The first kappa shape index (κ1) is 19.7. The Morgan fingerprint density at radius 1 is 0.750 bits per heavy atom. The molecule has 1 atom stereocenters. The highest BCUT2D eigenvalue weighted by Crippen LogP contribution is 2.33. The minimum absolute atomic E-state index is 0.0403. The van der Waals surface area contributed by atoms with Gasteiger partial charge in [-0.05, 0) is 11.1 Å². The van der Waals surface area contributed by atoms with E-state index in [2.05, 4.69) is 5.16 Å². The zero-order chi connectivity index (χ0) is 19.7. The van der Waals surface area contributed by atoms with Crippen molar-refractivity contribution in [1.82, 2.24) is 0 Å². The van der Waals surface area contributed by atoms with Crippen molar-refractivity contribution in [2.24, 2.45) is 5.16 Å². The lowest BCUT2D eigenvalue weighted by molar-refractivity contribution is -0.116. The molecule has 0 fully saturated rings. The van der Waals surface area contributed by atoms with E-state index in [1.54, 1.807) is 18.2 Å². The lowest BCUT2D eigenvalue weighted by Crippen LogP contribution is -2.35. The van der Waals surface area contributed by atoms with Crippen molar-refractivity contribution in [3.8, 4) is 0 Å². The Morgan fingerprint density at radius 3 is 1.82 bits per heavy atom. The molecular formula is C23H21F2NO2. The number of ether oxygens (including phenoxy) is 1. The summed E-state index contributed by atoms with van der Waals surface area (Å²) in [6.45, 7) is 0.234. The molecule has 3 aromatic carbocycles. The molecule has 0 spiro atoms. The molecule has 0 saturated heterocycles. The van der Waals surface area contributed by atoms with Gasteiger partial charge >= 0.3 is 5.92 Å². The molecule has 0 heterocycles. The number of nitrogens with zero attached hydrogens (tertiary/aromatic N) is 1. The summed E-state index contributed by atoms with van der Waals surface area (Å²) in [7, 11) is 0. The molecule has 0 aliphatic rings. The van der Waals surface area contributed by atoms with E-state index in [9.17, 15) is 0 Å². The van der Waals surface area contributed by atoms with Gasteiger partial charge in [0.25, 0.3) is 0 Å². The average Bonchev–Trinajstić information content (AvgIpc) is 2.75. The van der Waals surface area contributed by atoms with Crippen LogP contribution in [0.2, 0.25) is 0 Å². The predicted octanol–water partition coefficient (Wildman–Crippen LogP) is 5.57. The van der Waals surface area contributed by atoms with Gasteiger partial charge in [0.1, 0.15) is 6.61 Å². The lowest BCUT2D eigenvalue weighted by atomic mass is 10.0. The molecule has 0 bridgehead atoms. The average molecular weight is 381 g/mol. The molecule has 0 amide bonds. The maximum atomic E-state index is 15.0. The zero-order valence-corrected chi connectivity index (χ0v) is 15.2. The van der Waals surface area contributed by atoms with Gasteiger partial charge in [-0.3, -0.25) is 0 Å². The molecule has 0 aromatic heterocycles. The summed E-state index contributed by atoms with van der Waals surface area (Å²) in [4.78, 5) is 5.19. The minimum Gasteiger partial charge on any atom is -0.391 e. The summed E-state index contributed by atoms with van der Waals surface area (Å²) in [5.41, 5.74) is 1.56. The van der Waals surface area contributed by atoms with Crippen LogP contribution in [0.5, 0.6) is 0 Å². The van der Waals surface area contributed by atoms with Crippen LogP contribution in [-0.4, -0.2) is 12.3 Å². The predicted molar refractivity (Wildman–Crippen MR) is 105 cm³/mol. The minimum atomic E-state index is -3.25. The van der Waals surface area contributed by atoms with E-state index in [0.29, 0.717) is 0 Å². The Morgan fingerprint density at radius 2 is 1.25 bits per heavy atom. The van der Waals surface area contributed by atoms with Crippen LogP contribution in [0, 0.1) is 0 Å². The summed E-state index contributed by atoms with van der Waals surface area (Å²) >= 11 is 0. The Bertz CT molecular complexity index is 856. The van der Waals surface area contributed by atoms with Gasteiger partial charge in [0, 0.05) is 5.56 Å². The van der Waals surface area contributed by atoms with Gasteiger partial charge in [0.05, 0.1) is 12.8 Å². The van der Waals surface area contributed by atoms with E-state index < -0.39 is 12.0 Å². The first-order chi connectivity index (χ1) is 13.7. The maximum Gasteiger partial charge on any atom is 0.303 e. The van der Waals surface area contributed by atoms with Crippen LogP contribution in [0.25, 0.3) is 0 Å². The van der Waals surface area contributed by atoms with E-state index in [1.165, 1.54) is 12.1 Å². The van der Waals surface area contributed by atoms with Gasteiger partial charge in [-0.15, -0.1) is 0 Å². The smallest absolute Gasteiger partial charge is 0.303 e. The molecule has 3 nitrogen and oxygen atoms in total. The second kappa shape index (κ2) is 9.76. The molecule has 0 saturated carbocycles. The van der Waals surface area contributed by atoms with E-state index in [0.717, 1.165) is 17.3 Å². The standard InChI is InChI=1S/C23H21F2NO2/c24-23(25,21-14-8-3-9-15-21)22(27-17-19-10-4-1-5-11-19)16-26-28-18-20-12-6-2-7-13-20/h1-16,22H,17-18H2/b26-16+/t22-/m1/s1. The maximum absolute atomic E-state index is 15.0. The van der Waals surface area contributed by atoms with Gasteiger partial charge in [0.15, 0.2) is 6.10 Å². The van der Waals surface area contributed by atoms with Gasteiger partial charge < -0.3 is 9.57 Å². The van der Waals surface area contributed by atoms with E-state index >= 15 is 8.78 Å². The number of alkyl halides is 2. The largest absolute Gasteiger partial charge is 0.391 e. The molecule has 5 heteroatoms. The summed E-state index contributed by atoms with van der Waals surface area (Å²) in [5.74, 6) is -3.25. The fourth-order valence-electron chi connectivity index (χ4n) is 2.61. The molecule has 144 valence electrons. The van der Waals surface area contributed by atoms with Crippen molar-refractivity contribution >= 4 is 6.21 Å². The molecule has 0 N–H and O–H groups in total. The van der Waals surface area contributed by atoms with Crippen LogP contribution in [0.3, 0.4) is 0 Å². The van der Waals surface area contributed by atoms with Crippen LogP contribution in [0.1, 0.15) is 16.7 Å². The van der Waals surface area contributed by atoms with Crippen molar-refractivity contribution in [2.75, 3.05) is 0 Å². The van der Waals surface area contributed by atoms with E-state index in [1.807, 2.05) is 60.7 Å². The first-order valence-corrected chi connectivity index (χ1v) is 8.94. The number of oxime groups is 1. The summed E-state index contributed by atoms with van der Waals surface area (Å²) in [6, 6.07) is 26.1. The molecule has 3 rings (SSSR count). The SMILES string of the molecule is FC(F)(c1ccccc1)[C@@H](/C=N/OCc1ccccc1)OCc1ccccc1. The number of rotatable bonds is 9. The molecule has 0 aliphatic heterocycles. The number of benzene rings is 3.